The molecule has 0 bridgehead atoms. The summed E-state index contributed by atoms with van der Waals surface area (Å²) in [5.41, 5.74) is 0. The summed E-state index contributed by atoms with van der Waals surface area (Å²) in [6.07, 6.45) is 4.09. The van der Waals surface area contributed by atoms with Crippen molar-refractivity contribution in [3.05, 3.63) is 12.7 Å². The summed E-state index contributed by atoms with van der Waals surface area (Å²) in [4.78, 5) is 10.8. The van der Waals surface area contributed by atoms with Crippen molar-refractivity contribution in [1.29, 1.82) is 0 Å². The molecular weight excluding hydrogens is 298 g/mol. The Morgan fingerprint density at radius 3 is 2.19 bits per heavy atom. The third-order valence-electron chi connectivity index (χ3n) is 2.98. The van der Waals surface area contributed by atoms with Crippen molar-refractivity contribution >= 4 is 16.1 Å². The number of carbonyl (C=O) groups excluding carboxylic acids is 1. The molecule has 7 nitrogen and oxygen atoms in total. The van der Waals surface area contributed by atoms with Gasteiger partial charge in [0.1, 0.15) is 0 Å². The zero-order valence-corrected chi connectivity index (χ0v) is 13.6. The van der Waals surface area contributed by atoms with Gasteiger partial charge in [-0.2, -0.15) is 8.42 Å². The highest BCUT2D eigenvalue weighted by atomic mass is 32.2. The molecule has 0 fully saturated rings. The molecule has 0 radical (unpaired) electrons. The zero-order valence-electron chi connectivity index (χ0n) is 12.8. The van der Waals surface area contributed by atoms with Crippen molar-refractivity contribution in [2.24, 2.45) is 0 Å². The van der Waals surface area contributed by atoms with Gasteiger partial charge in [-0.3, -0.25) is 4.55 Å². The van der Waals surface area contributed by atoms with Gasteiger partial charge in [0.25, 0.3) is 10.1 Å². The monoisotopic (exact) mass is 325 g/mol. The molecule has 0 saturated heterocycles. The molecule has 21 heavy (non-hydrogen) atoms. The van der Waals surface area contributed by atoms with Gasteiger partial charge >= 0.3 is 5.97 Å². The molecule has 2 N–H and O–H groups in total. The van der Waals surface area contributed by atoms with Crippen molar-refractivity contribution in [2.75, 3.05) is 39.5 Å². The summed E-state index contributed by atoms with van der Waals surface area (Å²) in [7, 11) is 0.305. The lowest BCUT2D eigenvalue weighted by atomic mass is 10.2. The molecule has 0 aromatic carbocycles. The average molecular weight is 325 g/mol. The smallest absolute Gasteiger partial charge is 0.330 e. The second kappa shape index (κ2) is 10.7. The Morgan fingerprint density at radius 2 is 1.71 bits per heavy atom. The minimum absolute atomic E-state index is 0. The van der Waals surface area contributed by atoms with Crippen LogP contribution in [0.1, 0.15) is 25.7 Å². The minimum Gasteiger partial charge on any atom is -0.870 e. The number of ether oxygens (including phenoxy) is 1. The third kappa shape index (κ3) is 15.3. The van der Waals surface area contributed by atoms with E-state index in [1.54, 1.807) is 0 Å². The summed E-state index contributed by atoms with van der Waals surface area (Å²) in [6.45, 7) is 5.49. The molecule has 0 aromatic rings. The van der Waals surface area contributed by atoms with Crippen molar-refractivity contribution in [3.63, 3.8) is 0 Å². The lowest BCUT2D eigenvalue weighted by molar-refractivity contribution is -0.890. The first-order chi connectivity index (χ1) is 9.16. The molecular formula is C13H27NO6S. The number of esters is 1. The fourth-order valence-corrected chi connectivity index (χ4v) is 2.38. The van der Waals surface area contributed by atoms with Gasteiger partial charge < -0.3 is 14.7 Å². The third-order valence-corrected chi connectivity index (χ3v) is 3.79. The Balaban J connectivity index is 0. The van der Waals surface area contributed by atoms with Crippen LogP contribution in [0.15, 0.2) is 12.7 Å². The second-order valence-electron chi connectivity index (χ2n) is 5.45. The Morgan fingerprint density at radius 1 is 1.19 bits per heavy atom. The number of hydrogen-bond acceptors (Lipinski definition) is 5. The van der Waals surface area contributed by atoms with Gasteiger partial charge in [0.05, 0.1) is 39.5 Å². The number of carbonyl (C=O) groups is 1. The van der Waals surface area contributed by atoms with Crippen LogP contribution in [0, 0.1) is 0 Å². The van der Waals surface area contributed by atoms with Gasteiger partial charge in [0.15, 0.2) is 0 Å². The number of nitrogens with zero attached hydrogens (tertiary/aromatic N) is 1. The van der Waals surface area contributed by atoms with Gasteiger partial charge in [0, 0.05) is 6.08 Å². The molecule has 0 aliphatic heterocycles. The van der Waals surface area contributed by atoms with E-state index in [-0.39, 0.29) is 11.2 Å². The maximum atomic E-state index is 10.8. The lowest BCUT2D eigenvalue weighted by Gasteiger charge is -2.29. The predicted octanol–water partition coefficient (Wildman–Crippen LogP) is 1.06. The Kier molecular flexibility index (Phi) is 11.4. The minimum atomic E-state index is -3.84. The number of hydrogen-bond donors (Lipinski definition) is 1. The van der Waals surface area contributed by atoms with Crippen LogP contribution >= 0.6 is 0 Å². The zero-order chi connectivity index (χ0) is 15.6. The lowest BCUT2D eigenvalue weighted by Crippen LogP contribution is -2.41. The van der Waals surface area contributed by atoms with E-state index in [1.165, 1.54) is 0 Å². The van der Waals surface area contributed by atoms with Crippen LogP contribution in [0.3, 0.4) is 0 Å². The van der Waals surface area contributed by atoms with Crippen LogP contribution in [-0.2, 0) is 19.6 Å². The van der Waals surface area contributed by atoms with Gasteiger partial charge in [-0.25, -0.2) is 4.79 Å². The Labute approximate surface area is 127 Å². The second-order valence-corrected chi connectivity index (χ2v) is 7.03. The molecule has 0 atom stereocenters. The maximum absolute atomic E-state index is 10.8. The van der Waals surface area contributed by atoms with Crippen molar-refractivity contribution < 1.29 is 32.5 Å². The van der Waals surface area contributed by atoms with E-state index >= 15 is 0 Å². The summed E-state index contributed by atoms with van der Waals surface area (Å²) in [6, 6.07) is 0. The molecule has 0 amide bonds. The van der Waals surface area contributed by atoms with E-state index in [0.717, 1.165) is 42.9 Å². The summed E-state index contributed by atoms with van der Waals surface area (Å²) >= 11 is 0. The molecule has 0 aliphatic carbocycles. The van der Waals surface area contributed by atoms with Gasteiger partial charge in [-0.05, 0) is 25.7 Å². The highest BCUT2D eigenvalue weighted by Gasteiger charge is 2.15. The quantitative estimate of drug-likeness (QED) is 0.200. The molecule has 0 heterocycles. The summed E-state index contributed by atoms with van der Waals surface area (Å²) < 4.78 is 35.5. The van der Waals surface area contributed by atoms with Crippen LogP contribution in [0.4, 0.5) is 0 Å². The Bertz CT molecular complexity index is 405. The largest absolute Gasteiger partial charge is 0.870 e. The Hall–Kier alpha value is -0.960. The standard InChI is InChI=1S/C13H25NO5S.H2O/c1-4-13(15)19-11-7-5-9-14(2,3)10-6-8-12-20(16,17)18;/h4H,1,5-12H2,2-3H3;1H2. The van der Waals surface area contributed by atoms with Gasteiger partial charge in [-0.1, -0.05) is 6.58 Å². The fraction of sp³-hybridized carbons (Fsp3) is 0.769. The SMILES string of the molecule is C=CC(=O)OCCCC[N+](C)(C)CCCCS(=O)(=O)O.[OH-]. The van der Waals surface area contributed by atoms with Crippen molar-refractivity contribution in [1.82, 2.24) is 0 Å². The van der Waals surface area contributed by atoms with Gasteiger partial charge in [0.2, 0.25) is 0 Å². The van der Waals surface area contributed by atoms with E-state index in [1.807, 2.05) is 0 Å². The molecule has 0 saturated carbocycles. The molecule has 8 heteroatoms. The first kappa shape index (κ1) is 22.3. The molecule has 0 aliphatic rings. The van der Waals surface area contributed by atoms with Crippen molar-refractivity contribution in [2.45, 2.75) is 25.7 Å². The van der Waals surface area contributed by atoms with E-state index in [4.69, 9.17) is 9.29 Å². The van der Waals surface area contributed by atoms with Crippen LogP contribution in [0.2, 0.25) is 0 Å². The highest BCUT2D eigenvalue weighted by molar-refractivity contribution is 7.85. The molecule has 0 unspecified atom stereocenters. The summed E-state index contributed by atoms with van der Waals surface area (Å²) in [5.74, 6) is -0.575. The van der Waals surface area contributed by atoms with Crippen LogP contribution in [-0.4, -0.2) is 68.4 Å². The average Bonchev–Trinajstić information content (AvgIpc) is 2.33. The predicted molar refractivity (Wildman–Crippen MR) is 79.8 cm³/mol. The number of quaternary nitrogens is 1. The van der Waals surface area contributed by atoms with E-state index in [9.17, 15) is 13.2 Å². The van der Waals surface area contributed by atoms with E-state index in [2.05, 4.69) is 20.7 Å². The fourth-order valence-electron chi connectivity index (χ4n) is 1.81. The first-order valence-corrected chi connectivity index (χ1v) is 8.33. The molecule has 126 valence electrons. The molecule has 0 rings (SSSR count). The maximum Gasteiger partial charge on any atom is 0.330 e. The normalized spacial score (nSPS) is 11.6. The van der Waals surface area contributed by atoms with Crippen LogP contribution < -0.4 is 0 Å². The molecule has 0 spiro atoms. The molecule has 0 aromatic heterocycles. The number of unbranched alkanes of at least 4 members (excludes halogenated alkanes) is 2. The first-order valence-electron chi connectivity index (χ1n) is 6.73. The van der Waals surface area contributed by atoms with E-state index in [0.29, 0.717) is 13.0 Å². The van der Waals surface area contributed by atoms with Gasteiger partial charge in [-0.15, -0.1) is 0 Å². The number of rotatable bonds is 11. The highest BCUT2D eigenvalue weighted by Crippen LogP contribution is 2.06. The van der Waals surface area contributed by atoms with Crippen LogP contribution in [0.25, 0.3) is 0 Å². The summed E-state index contributed by atoms with van der Waals surface area (Å²) in [5, 5.41) is 0. The van der Waals surface area contributed by atoms with Crippen LogP contribution in [0.5, 0.6) is 0 Å². The topological polar surface area (TPSA) is 111 Å². The van der Waals surface area contributed by atoms with E-state index < -0.39 is 16.1 Å². The van der Waals surface area contributed by atoms with Crippen molar-refractivity contribution in [3.8, 4) is 0 Å².